The number of allylic oxidation sites excluding steroid dienone is 3. The lowest BCUT2D eigenvalue weighted by Gasteiger charge is -2.05. The van der Waals surface area contributed by atoms with Crippen molar-refractivity contribution in [3.63, 3.8) is 0 Å². The molecule has 1 atom stereocenters. The zero-order chi connectivity index (χ0) is 23.5. The zero-order valence-corrected chi connectivity index (χ0v) is 21.0. The van der Waals surface area contributed by atoms with Crippen LogP contribution < -0.4 is 15.2 Å². The van der Waals surface area contributed by atoms with E-state index in [4.69, 9.17) is 9.02 Å². The number of oxime groups is 1. The third kappa shape index (κ3) is 6.89. The fraction of sp³-hybridized carbons (Fsp3) is 0.321. The molecule has 1 heterocycles. The average molecular weight is 450 g/mol. The van der Waals surface area contributed by atoms with Crippen LogP contribution in [0.2, 0.25) is 0 Å². The lowest BCUT2D eigenvalue weighted by atomic mass is 10.0. The Morgan fingerprint density at radius 2 is 1.78 bits per heavy atom. The van der Waals surface area contributed by atoms with Crippen molar-refractivity contribution >= 4 is 29.9 Å². The highest BCUT2D eigenvalue weighted by atomic mass is 32.2. The van der Waals surface area contributed by atoms with E-state index in [9.17, 15) is 0 Å². The summed E-state index contributed by atoms with van der Waals surface area (Å²) < 4.78 is 11.6. The second-order valence-electron chi connectivity index (χ2n) is 7.62. The number of aryl methyl sites for hydroxylation is 1. The van der Waals surface area contributed by atoms with Gasteiger partial charge in [0.25, 0.3) is 0 Å². The van der Waals surface area contributed by atoms with Crippen LogP contribution in [0.3, 0.4) is 0 Å². The van der Waals surface area contributed by atoms with Gasteiger partial charge in [-0.25, -0.2) is 0 Å². The monoisotopic (exact) mass is 449 g/mol. The first-order valence-corrected chi connectivity index (χ1v) is 12.0. The first kappa shape index (κ1) is 25.5. The van der Waals surface area contributed by atoms with E-state index in [2.05, 4.69) is 55.1 Å². The lowest BCUT2D eigenvalue weighted by molar-refractivity contribution is 0.294. The number of ether oxygens (including phenoxy) is 1. The van der Waals surface area contributed by atoms with Crippen molar-refractivity contribution in [3.05, 3.63) is 82.3 Å². The standard InChI is InChI=1S/C20H19NO2S.C6H10.C2H6/c1-13-7-10-16(11-8-13)24-23-21-19-14(2)22-20-17-6-4-3-5-15(17)9-12-18(19)20;1-4-5-6(2)3;1-2/h5-12,14H,3-4H2,1-2H3;4-5H,1H2,2-3H3;1-2H3/b21-19+;;. The molecule has 170 valence electrons. The molecule has 32 heavy (non-hydrogen) atoms. The maximum Gasteiger partial charge on any atom is 0.142 e. The fourth-order valence-electron chi connectivity index (χ4n) is 3.30. The quantitative estimate of drug-likeness (QED) is 0.295. The molecule has 4 heteroatoms. The summed E-state index contributed by atoms with van der Waals surface area (Å²) in [7, 11) is 0. The number of rotatable bonds is 4. The van der Waals surface area contributed by atoms with Crippen LogP contribution in [-0.4, -0.2) is 11.8 Å². The van der Waals surface area contributed by atoms with Crippen LogP contribution in [0.5, 0.6) is 5.75 Å². The van der Waals surface area contributed by atoms with Crippen molar-refractivity contribution < 1.29 is 9.02 Å². The zero-order valence-electron chi connectivity index (χ0n) is 20.1. The number of fused-ring (bicyclic) bond motifs is 3. The van der Waals surface area contributed by atoms with E-state index < -0.39 is 0 Å². The Bertz CT molecular complexity index is 1080. The maximum atomic E-state index is 6.07. The van der Waals surface area contributed by atoms with Crippen LogP contribution in [0.25, 0.3) is 12.2 Å². The van der Waals surface area contributed by atoms with Crippen molar-refractivity contribution in [3.8, 4) is 5.75 Å². The summed E-state index contributed by atoms with van der Waals surface area (Å²) in [6, 6.07) is 12.4. The first-order valence-electron chi connectivity index (χ1n) is 11.2. The van der Waals surface area contributed by atoms with E-state index in [1.807, 2.05) is 52.8 Å². The van der Waals surface area contributed by atoms with Crippen LogP contribution in [0.15, 0.2) is 70.8 Å². The first-order chi connectivity index (χ1) is 15.5. The highest BCUT2D eigenvalue weighted by molar-refractivity contribution is 7.94. The van der Waals surface area contributed by atoms with Crippen LogP contribution >= 0.6 is 12.0 Å². The Hall–Kier alpha value is -2.72. The Morgan fingerprint density at radius 1 is 1.09 bits per heavy atom. The number of hydrogen-bond acceptors (Lipinski definition) is 4. The minimum absolute atomic E-state index is 0.0968. The molecule has 0 bridgehead atoms. The van der Waals surface area contributed by atoms with E-state index in [-0.39, 0.29) is 6.10 Å². The molecule has 2 aromatic carbocycles. The predicted molar refractivity (Wildman–Crippen MR) is 140 cm³/mol. The summed E-state index contributed by atoms with van der Waals surface area (Å²) >= 11 is 1.26. The molecule has 0 N–H and O–H groups in total. The molecule has 1 aliphatic carbocycles. The van der Waals surface area contributed by atoms with Gasteiger partial charge in [-0.1, -0.05) is 79.2 Å². The molecule has 0 radical (unpaired) electrons. The largest absolute Gasteiger partial charge is 0.483 e. The fourth-order valence-corrected chi connectivity index (χ4v) is 3.76. The number of nitrogens with zero attached hydrogens (tertiary/aromatic N) is 1. The van der Waals surface area contributed by atoms with E-state index >= 15 is 0 Å². The van der Waals surface area contributed by atoms with Gasteiger partial charge in [-0.3, -0.25) is 0 Å². The average Bonchev–Trinajstić information content (AvgIpc) is 3.12. The molecule has 0 saturated heterocycles. The van der Waals surface area contributed by atoms with E-state index in [1.165, 1.54) is 33.6 Å². The molecule has 4 rings (SSSR count). The van der Waals surface area contributed by atoms with Gasteiger partial charge in [-0.15, -0.1) is 0 Å². The van der Waals surface area contributed by atoms with Crippen LogP contribution in [0.1, 0.15) is 58.6 Å². The minimum atomic E-state index is -0.0968. The highest BCUT2D eigenvalue weighted by Gasteiger charge is 2.29. The molecule has 0 fully saturated rings. The van der Waals surface area contributed by atoms with Crippen LogP contribution in [0, 0.1) is 6.92 Å². The van der Waals surface area contributed by atoms with Gasteiger partial charge in [0, 0.05) is 10.8 Å². The Balaban J connectivity index is 0.000000396. The summed E-state index contributed by atoms with van der Waals surface area (Å²) in [5.74, 6) is 0.943. The summed E-state index contributed by atoms with van der Waals surface area (Å²) in [5, 5.41) is 6.79. The molecule has 1 unspecified atom stereocenters. The molecule has 2 aromatic rings. The van der Waals surface area contributed by atoms with Gasteiger partial charge in [0.2, 0.25) is 0 Å². The molecule has 0 spiro atoms. The van der Waals surface area contributed by atoms with Crippen molar-refractivity contribution in [1.82, 2.24) is 0 Å². The van der Waals surface area contributed by atoms with Crippen molar-refractivity contribution in [2.45, 2.75) is 65.4 Å². The molecule has 3 nitrogen and oxygen atoms in total. The second kappa shape index (κ2) is 13.0. The van der Waals surface area contributed by atoms with Crippen molar-refractivity contribution in [1.29, 1.82) is 0 Å². The number of hydrogen-bond donors (Lipinski definition) is 0. The van der Waals surface area contributed by atoms with E-state index in [0.29, 0.717) is 0 Å². The molecule has 0 saturated carbocycles. The SMILES string of the molecule is C=CC=C(C)C.CC.Cc1ccc(SO/N=C2/c3ccc4c(c3OC2C)=CCCC=4)cc1. The van der Waals surface area contributed by atoms with Gasteiger partial charge >= 0.3 is 0 Å². The van der Waals surface area contributed by atoms with Gasteiger partial charge in [0.05, 0.1) is 4.90 Å². The van der Waals surface area contributed by atoms with Gasteiger partial charge in [-0.05, 0) is 64.0 Å². The van der Waals surface area contributed by atoms with Crippen LogP contribution in [-0.2, 0) is 4.28 Å². The second-order valence-corrected chi connectivity index (χ2v) is 8.41. The van der Waals surface area contributed by atoms with Gasteiger partial charge in [0.1, 0.15) is 29.6 Å². The van der Waals surface area contributed by atoms with Crippen LogP contribution in [0.4, 0.5) is 0 Å². The number of benzene rings is 2. The minimum Gasteiger partial charge on any atom is -0.483 e. The molecular formula is C28H35NO2S. The summed E-state index contributed by atoms with van der Waals surface area (Å²) in [6.45, 7) is 15.7. The summed E-state index contributed by atoms with van der Waals surface area (Å²) in [5.41, 5.74) is 4.42. The lowest BCUT2D eigenvalue weighted by Crippen LogP contribution is -2.28. The Labute approximate surface area is 197 Å². The highest BCUT2D eigenvalue weighted by Crippen LogP contribution is 2.27. The predicted octanol–water partition coefficient (Wildman–Crippen LogP) is 6.72. The Kier molecular flexibility index (Phi) is 10.4. The normalized spacial score (nSPS) is 16.3. The topological polar surface area (TPSA) is 30.8 Å². The maximum absolute atomic E-state index is 6.07. The summed E-state index contributed by atoms with van der Waals surface area (Å²) in [4.78, 5) is 1.03. The Morgan fingerprint density at radius 3 is 2.41 bits per heavy atom. The van der Waals surface area contributed by atoms with E-state index in [0.717, 1.165) is 34.8 Å². The van der Waals surface area contributed by atoms with E-state index in [1.54, 1.807) is 6.08 Å². The molecule has 1 aliphatic heterocycles. The summed E-state index contributed by atoms with van der Waals surface area (Å²) in [6.07, 6.45) is 10.3. The molecular weight excluding hydrogens is 414 g/mol. The molecule has 0 aromatic heterocycles. The van der Waals surface area contributed by atoms with Gasteiger partial charge in [-0.2, -0.15) is 0 Å². The van der Waals surface area contributed by atoms with Gasteiger partial charge in [0.15, 0.2) is 0 Å². The molecule has 0 amide bonds. The third-order valence-electron chi connectivity index (χ3n) is 4.81. The van der Waals surface area contributed by atoms with Crippen molar-refractivity contribution in [2.75, 3.05) is 0 Å². The third-order valence-corrected chi connectivity index (χ3v) is 5.42. The van der Waals surface area contributed by atoms with Crippen molar-refractivity contribution in [2.24, 2.45) is 5.16 Å². The smallest absolute Gasteiger partial charge is 0.142 e. The molecule has 2 aliphatic rings. The van der Waals surface area contributed by atoms with Gasteiger partial charge < -0.3 is 9.02 Å².